The number of nitrogens with one attached hydrogen (secondary N) is 1. The van der Waals surface area contributed by atoms with Crippen LogP contribution >= 0.6 is 11.3 Å². The third-order valence-electron chi connectivity index (χ3n) is 2.81. The predicted octanol–water partition coefficient (Wildman–Crippen LogP) is 2.60. The normalized spacial score (nSPS) is 13.9. The molecular formula is C13H17NO2S2. The molecule has 1 heterocycles. The van der Waals surface area contributed by atoms with Gasteiger partial charge in [-0.25, -0.2) is 8.42 Å². The van der Waals surface area contributed by atoms with E-state index in [4.69, 9.17) is 0 Å². The minimum atomic E-state index is -3.00. The Morgan fingerprint density at radius 1 is 1.33 bits per heavy atom. The molecule has 1 unspecified atom stereocenters. The highest BCUT2D eigenvalue weighted by Crippen LogP contribution is 2.30. The molecule has 98 valence electrons. The summed E-state index contributed by atoms with van der Waals surface area (Å²) in [6.45, 7) is 2.74. The van der Waals surface area contributed by atoms with Crippen molar-refractivity contribution in [2.75, 3.05) is 18.6 Å². The van der Waals surface area contributed by atoms with Gasteiger partial charge in [-0.3, -0.25) is 0 Å². The van der Waals surface area contributed by atoms with Gasteiger partial charge in [-0.05, 0) is 28.9 Å². The SMILES string of the molecule is CCNC(CS(C)(=O)=O)c1csc2ccccc12. The fraction of sp³-hybridized carbons (Fsp3) is 0.385. The Kier molecular flexibility index (Phi) is 4.04. The molecule has 0 aliphatic rings. The van der Waals surface area contributed by atoms with Crippen LogP contribution in [0.1, 0.15) is 18.5 Å². The molecule has 2 aromatic rings. The van der Waals surface area contributed by atoms with Gasteiger partial charge < -0.3 is 5.32 Å². The molecule has 18 heavy (non-hydrogen) atoms. The molecule has 0 aliphatic heterocycles. The maximum absolute atomic E-state index is 11.5. The monoisotopic (exact) mass is 283 g/mol. The molecule has 0 saturated carbocycles. The highest BCUT2D eigenvalue weighted by atomic mass is 32.2. The van der Waals surface area contributed by atoms with Crippen molar-refractivity contribution in [2.24, 2.45) is 0 Å². The average molecular weight is 283 g/mol. The lowest BCUT2D eigenvalue weighted by atomic mass is 10.1. The van der Waals surface area contributed by atoms with Crippen molar-refractivity contribution in [1.29, 1.82) is 0 Å². The van der Waals surface area contributed by atoms with Crippen molar-refractivity contribution in [3.05, 3.63) is 35.2 Å². The first-order valence-corrected chi connectivity index (χ1v) is 8.82. The van der Waals surface area contributed by atoms with Crippen LogP contribution in [0.25, 0.3) is 10.1 Å². The van der Waals surface area contributed by atoms with Crippen molar-refractivity contribution < 1.29 is 8.42 Å². The van der Waals surface area contributed by atoms with Gasteiger partial charge in [-0.15, -0.1) is 11.3 Å². The first-order valence-electron chi connectivity index (χ1n) is 5.88. The molecule has 1 aromatic heterocycles. The average Bonchev–Trinajstić information content (AvgIpc) is 2.70. The highest BCUT2D eigenvalue weighted by molar-refractivity contribution is 7.90. The standard InChI is InChI=1S/C13H17NO2S2/c1-3-14-12(9-18(2,15)16)11-8-17-13-7-5-4-6-10(11)13/h4-8,12,14H,3,9H2,1-2H3. The third-order valence-corrected chi connectivity index (χ3v) is 4.73. The van der Waals surface area contributed by atoms with Crippen LogP contribution in [0.2, 0.25) is 0 Å². The number of benzene rings is 1. The first-order chi connectivity index (χ1) is 8.51. The summed E-state index contributed by atoms with van der Waals surface area (Å²) in [5, 5.41) is 6.47. The van der Waals surface area contributed by atoms with Crippen molar-refractivity contribution >= 4 is 31.3 Å². The fourth-order valence-electron chi connectivity index (χ4n) is 2.08. The topological polar surface area (TPSA) is 46.2 Å². The Bertz CT molecular complexity index is 631. The van der Waals surface area contributed by atoms with E-state index in [0.29, 0.717) is 0 Å². The quantitative estimate of drug-likeness (QED) is 0.917. The van der Waals surface area contributed by atoms with Gasteiger partial charge in [-0.1, -0.05) is 25.1 Å². The summed E-state index contributed by atoms with van der Waals surface area (Å²) in [5.41, 5.74) is 1.09. The van der Waals surface area contributed by atoms with Gasteiger partial charge in [0, 0.05) is 17.0 Å². The Labute approximate surface area is 112 Å². The molecule has 3 nitrogen and oxygen atoms in total. The molecule has 0 aliphatic carbocycles. The van der Waals surface area contributed by atoms with Crippen LogP contribution in [-0.2, 0) is 9.84 Å². The molecule has 0 spiro atoms. The number of sulfone groups is 1. The third kappa shape index (κ3) is 3.10. The van der Waals surface area contributed by atoms with E-state index in [0.717, 1.165) is 17.5 Å². The van der Waals surface area contributed by atoms with E-state index in [1.54, 1.807) is 11.3 Å². The maximum atomic E-state index is 11.5. The molecule has 1 atom stereocenters. The number of fused-ring (bicyclic) bond motifs is 1. The summed E-state index contributed by atoms with van der Waals surface area (Å²) in [6, 6.07) is 7.98. The molecule has 2 rings (SSSR count). The van der Waals surface area contributed by atoms with Crippen molar-refractivity contribution in [3.8, 4) is 0 Å². The summed E-state index contributed by atoms with van der Waals surface area (Å²) in [5.74, 6) is 0.140. The zero-order valence-corrected chi connectivity index (χ0v) is 12.1. The zero-order valence-electron chi connectivity index (χ0n) is 10.5. The second kappa shape index (κ2) is 5.38. The summed E-state index contributed by atoms with van der Waals surface area (Å²) in [4.78, 5) is 0. The van der Waals surface area contributed by atoms with Gasteiger partial charge in [0.15, 0.2) is 0 Å². The van der Waals surface area contributed by atoms with Gasteiger partial charge in [0.1, 0.15) is 9.84 Å². The molecule has 5 heteroatoms. The van der Waals surface area contributed by atoms with Gasteiger partial charge >= 0.3 is 0 Å². The minimum absolute atomic E-state index is 0.124. The zero-order chi connectivity index (χ0) is 13.2. The molecule has 0 bridgehead atoms. The van der Waals surface area contributed by atoms with E-state index in [1.807, 2.05) is 25.1 Å². The van der Waals surface area contributed by atoms with Crippen LogP contribution in [0.15, 0.2) is 29.6 Å². The van der Waals surface area contributed by atoms with E-state index in [9.17, 15) is 8.42 Å². The van der Waals surface area contributed by atoms with Crippen LogP contribution in [0, 0.1) is 0 Å². The number of rotatable bonds is 5. The predicted molar refractivity (Wildman–Crippen MR) is 78.0 cm³/mol. The number of hydrogen-bond donors (Lipinski definition) is 1. The Hall–Kier alpha value is -0.910. The molecule has 0 fully saturated rings. The van der Waals surface area contributed by atoms with E-state index in [1.165, 1.54) is 11.0 Å². The van der Waals surface area contributed by atoms with Gasteiger partial charge in [-0.2, -0.15) is 0 Å². The van der Waals surface area contributed by atoms with Crippen LogP contribution in [0.4, 0.5) is 0 Å². The summed E-state index contributed by atoms with van der Waals surface area (Å²) < 4.78 is 24.2. The molecule has 0 saturated heterocycles. The Morgan fingerprint density at radius 3 is 2.72 bits per heavy atom. The van der Waals surface area contributed by atoms with Gasteiger partial charge in [0.05, 0.1) is 5.75 Å². The van der Waals surface area contributed by atoms with Gasteiger partial charge in [0.25, 0.3) is 0 Å². The fourth-order valence-corrected chi connectivity index (χ4v) is 3.99. The second-order valence-electron chi connectivity index (χ2n) is 4.39. The maximum Gasteiger partial charge on any atom is 0.149 e. The second-order valence-corrected chi connectivity index (χ2v) is 7.49. The lowest BCUT2D eigenvalue weighted by Gasteiger charge is -2.16. The summed E-state index contributed by atoms with van der Waals surface area (Å²) in [6.07, 6.45) is 1.28. The lowest BCUT2D eigenvalue weighted by molar-refractivity contribution is 0.565. The summed E-state index contributed by atoms with van der Waals surface area (Å²) >= 11 is 1.66. The van der Waals surface area contributed by atoms with Crippen LogP contribution in [-0.4, -0.2) is 27.0 Å². The largest absolute Gasteiger partial charge is 0.309 e. The van der Waals surface area contributed by atoms with Crippen LogP contribution < -0.4 is 5.32 Å². The Balaban J connectivity index is 2.41. The van der Waals surface area contributed by atoms with Crippen molar-refractivity contribution in [2.45, 2.75) is 13.0 Å². The van der Waals surface area contributed by atoms with Crippen molar-refractivity contribution in [1.82, 2.24) is 5.32 Å². The highest BCUT2D eigenvalue weighted by Gasteiger charge is 2.19. The Morgan fingerprint density at radius 2 is 2.06 bits per heavy atom. The van der Waals surface area contributed by atoms with Crippen LogP contribution in [0.3, 0.4) is 0 Å². The molecular weight excluding hydrogens is 266 g/mol. The first kappa shape index (κ1) is 13.5. The van der Waals surface area contributed by atoms with Gasteiger partial charge in [0.2, 0.25) is 0 Å². The molecule has 0 amide bonds. The minimum Gasteiger partial charge on any atom is -0.309 e. The lowest BCUT2D eigenvalue weighted by Crippen LogP contribution is -2.27. The van der Waals surface area contributed by atoms with E-state index < -0.39 is 9.84 Å². The molecule has 0 radical (unpaired) electrons. The summed E-state index contributed by atoms with van der Waals surface area (Å²) in [7, 11) is -3.00. The van der Waals surface area contributed by atoms with E-state index in [-0.39, 0.29) is 11.8 Å². The van der Waals surface area contributed by atoms with E-state index in [2.05, 4.69) is 16.8 Å². The van der Waals surface area contributed by atoms with E-state index >= 15 is 0 Å². The number of hydrogen-bond acceptors (Lipinski definition) is 4. The van der Waals surface area contributed by atoms with Crippen LogP contribution in [0.5, 0.6) is 0 Å². The number of thiophene rings is 1. The van der Waals surface area contributed by atoms with Crippen molar-refractivity contribution in [3.63, 3.8) is 0 Å². The smallest absolute Gasteiger partial charge is 0.149 e. The molecule has 1 N–H and O–H groups in total. The molecule has 1 aromatic carbocycles.